The zero-order valence-corrected chi connectivity index (χ0v) is 14.8. The molecule has 0 aromatic heterocycles. The molecule has 26 heavy (non-hydrogen) atoms. The molecule has 2 N–H and O–H groups in total. The van der Waals surface area contributed by atoms with Gasteiger partial charge in [0.1, 0.15) is 0 Å². The monoisotopic (exact) mass is 351 g/mol. The average molecular weight is 351 g/mol. The highest BCUT2D eigenvalue weighted by Gasteiger charge is 2.24. The number of anilines is 1. The molecular weight excluding hydrogens is 330 g/mol. The number of carbonyl (C=O) groups excluding carboxylic acids is 3. The highest BCUT2D eigenvalue weighted by atomic mass is 16.2. The Bertz CT molecular complexity index is 846. The minimum atomic E-state index is -0.196. The highest BCUT2D eigenvalue weighted by molar-refractivity contribution is 6.01. The third-order valence-electron chi connectivity index (χ3n) is 4.44. The maximum atomic E-state index is 12.5. The summed E-state index contributed by atoms with van der Waals surface area (Å²) in [5, 5.41) is 4.20. The predicted octanol–water partition coefficient (Wildman–Crippen LogP) is 2.64. The molecule has 1 saturated heterocycles. The van der Waals surface area contributed by atoms with Crippen molar-refractivity contribution in [1.29, 1.82) is 0 Å². The topological polar surface area (TPSA) is 78.5 Å². The summed E-state index contributed by atoms with van der Waals surface area (Å²) >= 11 is 0. The Balaban J connectivity index is 1.70. The van der Waals surface area contributed by atoms with Crippen molar-refractivity contribution in [3.05, 3.63) is 65.2 Å². The van der Waals surface area contributed by atoms with Gasteiger partial charge in [-0.15, -0.1) is 0 Å². The van der Waals surface area contributed by atoms with Crippen LogP contribution in [0.1, 0.15) is 47.3 Å². The van der Waals surface area contributed by atoms with E-state index in [1.807, 2.05) is 38.1 Å². The Kier molecular flexibility index (Phi) is 5.02. The lowest BCUT2D eigenvalue weighted by Gasteiger charge is -2.27. The van der Waals surface area contributed by atoms with E-state index in [1.165, 1.54) is 5.01 Å². The largest absolute Gasteiger partial charge is 0.346 e. The van der Waals surface area contributed by atoms with Crippen LogP contribution in [-0.2, 0) is 9.59 Å². The number of hydrogen-bond donors (Lipinski definition) is 2. The van der Waals surface area contributed by atoms with Crippen molar-refractivity contribution >= 4 is 23.4 Å². The van der Waals surface area contributed by atoms with E-state index in [9.17, 15) is 14.4 Å². The molecule has 2 aromatic rings. The average Bonchev–Trinajstić information content (AvgIpc) is 2.64. The van der Waals surface area contributed by atoms with Gasteiger partial charge in [-0.25, -0.2) is 5.01 Å². The summed E-state index contributed by atoms with van der Waals surface area (Å²) in [6.07, 6.45) is 0.384. The van der Waals surface area contributed by atoms with Crippen molar-refractivity contribution in [3.8, 4) is 0 Å². The summed E-state index contributed by atoms with van der Waals surface area (Å²) in [5.74, 6) is -0.560. The lowest BCUT2D eigenvalue weighted by atomic mass is 10.0. The first-order chi connectivity index (χ1) is 12.5. The molecule has 2 aromatic carbocycles. The van der Waals surface area contributed by atoms with Crippen LogP contribution < -0.4 is 15.8 Å². The number of aryl methyl sites for hydroxylation is 1. The summed E-state index contributed by atoms with van der Waals surface area (Å²) in [7, 11) is 0. The van der Waals surface area contributed by atoms with E-state index in [0.29, 0.717) is 11.3 Å². The molecule has 0 aliphatic carbocycles. The molecule has 1 atom stereocenters. The lowest BCUT2D eigenvalue weighted by molar-refractivity contribution is -0.130. The minimum absolute atomic E-state index is 0.119. The van der Waals surface area contributed by atoms with Gasteiger partial charge in [-0.05, 0) is 49.2 Å². The van der Waals surface area contributed by atoms with Crippen molar-refractivity contribution in [2.75, 3.05) is 5.01 Å². The number of hydrogen-bond acceptors (Lipinski definition) is 3. The van der Waals surface area contributed by atoms with Crippen molar-refractivity contribution < 1.29 is 14.4 Å². The molecule has 0 saturated carbocycles. The smallest absolute Gasteiger partial charge is 0.251 e. The molecule has 1 fully saturated rings. The quantitative estimate of drug-likeness (QED) is 0.889. The van der Waals surface area contributed by atoms with Gasteiger partial charge in [0.25, 0.3) is 5.91 Å². The van der Waals surface area contributed by atoms with Gasteiger partial charge in [0.05, 0.1) is 11.7 Å². The second-order valence-corrected chi connectivity index (χ2v) is 6.36. The van der Waals surface area contributed by atoms with Gasteiger partial charge >= 0.3 is 0 Å². The summed E-state index contributed by atoms with van der Waals surface area (Å²) < 4.78 is 0. The summed E-state index contributed by atoms with van der Waals surface area (Å²) in [6, 6.07) is 14.4. The first kappa shape index (κ1) is 17.7. The van der Waals surface area contributed by atoms with E-state index in [4.69, 9.17) is 0 Å². The number of benzene rings is 2. The zero-order valence-electron chi connectivity index (χ0n) is 14.8. The number of amides is 3. The van der Waals surface area contributed by atoms with Gasteiger partial charge < -0.3 is 5.32 Å². The lowest BCUT2D eigenvalue weighted by Crippen LogP contribution is -2.50. The van der Waals surface area contributed by atoms with Crippen LogP contribution in [0, 0.1) is 6.92 Å². The van der Waals surface area contributed by atoms with Gasteiger partial charge in [-0.2, -0.15) is 0 Å². The molecule has 134 valence electrons. The van der Waals surface area contributed by atoms with Crippen LogP contribution >= 0.6 is 0 Å². The third-order valence-corrected chi connectivity index (χ3v) is 4.44. The number of nitrogens with zero attached hydrogens (tertiary/aromatic N) is 1. The molecule has 0 bridgehead atoms. The second kappa shape index (κ2) is 7.39. The van der Waals surface area contributed by atoms with E-state index >= 15 is 0 Å². The maximum absolute atomic E-state index is 12.5. The van der Waals surface area contributed by atoms with Crippen LogP contribution in [0.3, 0.4) is 0 Å². The number of rotatable bonds is 4. The van der Waals surface area contributed by atoms with Crippen molar-refractivity contribution in [2.24, 2.45) is 0 Å². The zero-order chi connectivity index (χ0) is 18.7. The van der Waals surface area contributed by atoms with Gasteiger partial charge in [-0.1, -0.05) is 24.3 Å². The Morgan fingerprint density at radius 3 is 2.46 bits per heavy atom. The summed E-state index contributed by atoms with van der Waals surface area (Å²) in [5.41, 5.74) is 5.75. The Morgan fingerprint density at radius 2 is 1.77 bits per heavy atom. The van der Waals surface area contributed by atoms with Gasteiger partial charge in [0, 0.05) is 18.4 Å². The SMILES string of the molecule is Cc1ccccc1C(C)NC(=O)c1ccc(N2NC(=O)CCC2=O)cc1. The normalized spacial score (nSPS) is 15.4. The standard InChI is InChI=1S/C20H21N3O3/c1-13-5-3-4-6-17(13)14(2)21-20(26)15-7-9-16(10-8-15)23-19(25)12-11-18(24)22-23/h3-10,14H,11-12H2,1-2H3,(H,21,26)(H,22,24). The maximum Gasteiger partial charge on any atom is 0.251 e. The Labute approximate surface area is 152 Å². The van der Waals surface area contributed by atoms with Crippen LogP contribution in [0.15, 0.2) is 48.5 Å². The Morgan fingerprint density at radius 1 is 1.08 bits per heavy atom. The predicted molar refractivity (Wildman–Crippen MR) is 98.4 cm³/mol. The Hall–Kier alpha value is -3.15. The van der Waals surface area contributed by atoms with Crippen LogP contribution in [0.2, 0.25) is 0 Å². The number of carbonyl (C=O) groups is 3. The van der Waals surface area contributed by atoms with E-state index in [-0.39, 0.29) is 36.6 Å². The van der Waals surface area contributed by atoms with Crippen LogP contribution in [-0.4, -0.2) is 17.7 Å². The fraction of sp³-hybridized carbons (Fsp3) is 0.250. The summed E-state index contributed by atoms with van der Waals surface area (Å²) in [4.78, 5) is 35.9. The molecule has 1 unspecified atom stereocenters. The molecule has 1 heterocycles. The van der Waals surface area contributed by atoms with Crippen LogP contribution in [0.4, 0.5) is 5.69 Å². The molecule has 1 aliphatic heterocycles. The molecule has 3 rings (SSSR count). The van der Waals surface area contributed by atoms with Crippen molar-refractivity contribution in [1.82, 2.24) is 10.7 Å². The van der Waals surface area contributed by atoms with E-state index in [1.54, 1.807) is 24.3 Å². The third kappa shape index (κ3) is 3.74. The van der Waals surface area contributed by atoms with Crippen LogP contribution in [0.5, 0.6) is 0 Å². The molecule has 6 heteroatoms. The van der Waals surface area contributed by atoms with Crippen molar-refractivity contribution in [3.63, 3.8) is 0 Å². The number of hydrazine groups is 1. The number of nitrogens with one attached hydrogen (secondary N) is 2. The fourth-order valence-electron chi connectivity index (χ4n) is 2.98. The first-order valence-electron chi connectivity index (χ1n) is 8.54. The molecule has 0 radical (unpaired) electrons. The molecule has 0 spiro atoms. The van der Waals surface area contributed by atoms with Gasteiger partial charge in [0.2, 0.25) is 11.8 Å². The first-order valence-corrected chi connectivity index (χ1v) is 8.54. The fourth-order valence-corrected chi connectivity index (χ4v) is 2.98. The minimum Gasteiger partial charge on any atom is -0.346 e. The van der Waals surface area contributed by atoms with E-state index in [0.717, 1.165) is 11.1 Å². The molecule has 3 amide bonds. The molecule has 1 aliphatic rings. The molecule has 6 nitrogen and oxygen atoms in total. The highest BCUT2D eigenvalue weighted by Crippen LogP contribution is 2.20. The van der Waals surface area contributed by atoms with Gasteiger partial charge in [-0.3, -0.25) is 19.8 Å². The second-order valence-electron chi connectivity index (χ2n) is 6.36. The summed E-state index contributed by atoms with van der Waals surface area (Å²) in [6.45, 7) is 3.95. The van der Waals surface area contributed by atoms with E-state index in [2.05, 4.69) is 10.7 Å². The van der Waals surface area contributed by atoms with Crippen molar-refractivity contribution in [2.45, 2.75) is 32.7 Å². The van der Waals surface area contributed by atoms with E-state index < -0.39 is 0 Å². The van der Waals surface area contributed by atoms with Crippen LogP contribution in [0.25, 0.3) is 0 Å². The molecular formula is C20H21N3O3. The van der Waals surface area contributed by atoms with Gasteiger partial charge in [0.15, 0.2) is 0 Å².